The number of nitrogens with one attached hydrogen (secondary N) is 2. The van der Waals surface area contributed by atoms with Crippen LogP contribution in [0.25, 0.3) is 0 Å². The zero-order valence-electron chi connectivity index (χ0n) is 15.6. The van der Waals surface area contributed by atoms with Crippen LogP contribution in [0.2, 0.25) is 0 Å². The summed E-state index contributed by atoms with van der Waals surface area (Å²) in [5, 5.41) is 5.90. The van der Waals surface area contributed by atoms with Crippen molar-refractivity contribution in [1.82, 2.24) is 10.6 Å². The molecule has 0 atom stereocenters. The second-order valence-electron chi connectivity index (χ2n) is 6.27. The lowest BCUT2D eigenvalue weighted by atomic mass is 9.99. The van der Waals surface area contributed by atoms with E-state index in [4.69, 9.17) is 0 Å². The highest BCUT2D eigenvalue weighted by molar-refractivity contribution is 5.89. The quantitative estimate of drug-likeness (QED) is 0.640. The van der Waals surface area contributed by atoms with Crippen LogP contribution in [-0.4, -0.2) is 19.1 Å². The molecule has 0 fully saturated rings. The molecule has 0 bridgehead atoms. The van der Waals surface area contributed by atoms with Gasteiger partial charge in [0.1, 0.15) is 0 Å². The minimum atomic E-state index is -0.384. The van der Waals surface area contributed by atoms with Crippen LogP contribution in [0.5, 0.6) is 0 Å². The van der Waals surface area contributed by atoms with Crippen LogP contribution in [0, 0.1) is 0 Å². The zero-order valence-corrected chi connectivity index (χ0v) is 15.6. The summed E-state index contributed by atoms with van der Waals surface area (Å²) in [5.41, 5.74) is 3.38. The zero-order chi connectivity index (χ0) is 19.8. The summed E-state index contributed by atoms with van der Waals surface area (Å²) in [6.45, 7) is 0.351. The molecule has 0 aromatic heterocycles. The van der Waals surface area contributed by atoms with Gasteiger partial charge in [0.25, 0.3) is 0 Å². The van der Waals surface area contributed by atoms with E-state index in [0.29, 0.717) is 12.1 Å². The lowest BCUT2D eigenvalue weighted by molar-refractivity contribution is 0.0600. The van der Waals surface area contributed by atoms with Crippen LogP contribution in [0.15, 0.2) is 84.9 Å². The van der Waals surface area contributed by atoms with Gasteiger partial charge in [-0.3, -0.25) is 0 Å². The van der Waals surface area contributed by atoms with Crippen LogP contribution in [0.3, 0.4) is 0 Å². The largest absolute Gasteiger partial charge is 0.465 e. The normalized spacial score (nSPS) is 10.4. The van der Waals surface area contributed by atoms with Crippen LogP contribution in [0.4, 0.5) is 4.79 Å². The first-order valence-corrected chi connectivity index (χ1v) is 8.99. The summed E-state index contributed by atoms with van der Waals surface area (Å²) >= 11 is 0. The van der Waals surface area contributed by atoms with Gasteiger partial charge in [-0.25, -0.2) is 9.59 Å². The third-order valence-corrected chi connectivity index (χ3v) is 4.37. The van der Waals surface area contributed by atoms with Crippen LogP contribution < -0.4 is 10.6 Å². The number of ether oxygens (including phenoxy) is 1. The monoisotopic (exact) mass is 374 g/mol. The highest BCUT2D eigenvalue weighted by Gasteiger charge is 2.16. The number of methoxy groups -OCH3 is 1. The highest BCUT2D eigenvalue weighted by atomic mass is 16.5. The number of carbonyl (C=O) groups is 2. The van der Waals surface area contributed by atoms with E-state index >= 15 is 0 Å². The van der Waals surface area contributed by atoms with Crippen molar-refractivity contribution in [1.29, 1.82) is 0 Å². The predicted molar refractivity (Wildman–Crippen MR) is 108 cm³/mol. The Hall–Kier alpha value is -3.60. The van der Waals surface area contributed by atoms with E-state index in [0.717, 1.165) is 16.7 Å². The number of carbonyl (C=O) groups excluding carboxylic acids is 2. The van der Waals surface area contributed by atoms with Crippen LogP contribution in [-0.2, 0) is 11.3 Å². The van der Waals surface area contributed by atoms with Crippen molar-refractivity contribution in [3.63, 3.8) is 0 Å². The third kappa shape index (κ3) is 4.98. The Labute approximate surface area is 164 Å². The summed E-state index contributed by atoms with van der Waals surface area (Å²) < 4.78 is 4.68. The molecule has 3 aromatic carbocycles. The van der Waals surface area contributed by atoms with Gasteiger partial charge in [-0.05, 0) is 28.8 Å². The third-order valence-electron chi connectivity index (χ3n) is 4.37. The van der Waals surface area contributed by atoms with Gasteiger partial charge in [-0.15, -0.1) is 0 Å². The minimum Gasteiger partial charge on any atom is -0.465 e. The molecule has 0 spiro atoms. The van der Waals surface area contributed by atoms with Crippen molar-refractivity contribution in [2.24, 2.45) is 0 Å². The van der Waals surface area contributed by atoms with Crippen LogP contribution >= 0.6 is 0 Å². The van der Waals surface area contributed by atoms with Gasteiger partial charge in [-0.1, -0.05) is 72.8 Å². The van der Waals surface area contributed by atoms with Crippen LogP contribution in [0.1, 0.15) is 33.1 Å². The Kier molecular flexibility index (Phi) is 6.41. The summed E-state index contributed by atoms with van der Waals surface area (Å²) in [4.78, 5) is 24.0. The first kappa shape index (κ1) is 19.2. The molecule has 2 amide bonds. The first-order chi connectivity index (χ1) is 13.7. The summed E-state index contributed by atoms with van der Waals surface area (Å²) in [6.07, 6.45) is 0. The number of amides is 2. The van der Waals surface area contributed by atoms with E-state index in [9.17, 15) is 9.59 Å². The number of hydrogen-bond donors (Lipinski definition) is 2. The number of hydrogen-bond acceptors (Lipinski definition) is 3. The second kappa shape index (κ2) is 9.37. The van der Waals surface area contributed by atoms with Crippen molar-refractivity contribution < 1.29 is 14.3 Å². The fourth-order valence-electron chi connectivity index (χ4n) is 2.89. The summed E-state index contributed by atoms with van der Waals surface area (Å²) in [6, 6.07) is 26.1. The first-order valence-electron chi connectivity index (χ1n) is 8.99. The molecule has 5 heteroatoms. The molecule has 0 radical (unpaired) electrons. The molecule has 0 aliphatic carbocycles. The number of rotatable bonds is 6. The van der Waals surface area contributed by atoms with Gasteiger partial charge in [0.05, 0.1) is 18.7 Å². The van der Waals surface area contributed by atoms with Gasteiger partial charge < -0.3 is 15.4 Å². The van der Waals surface area contributed by atoms with Gasteiger partial charge in [0.2, 0.25) is 0 Å². The molecule has 3 aromatic rings. The maximum atomic E-state index is 12.5. The molecule has 2 N–H and O–H groups in total. The standard InChI is InChI=1S/C23H22N2O3/c1-28-22(26)20-14-12-17(13-15-20)16-24-23(27)25-21(18-8-4-2-5-9-18)19-10-6-3-7-11-19/h2-15,21H,16H2,1H3,(H2,24,25,27). The Morgan fingerprint density at radius 1 is 0.821 bits per heavy atom. The number of benzene rings is 3. The lowest BCUT2D eigenvalue weighted by Gasteiger charge is -2.20. The number of esters is 1. The molecule has 28 heavy (non-hydrogen) atoms. The van der Waals surface area contributed by atoms with Gasteiger partial charge in [-0.2, -0.15) is 0 Å². The van der Waals surface area contributed by atoms with E-state index in [-0.39, 0.29) is 18.0 Å². The van der Waals surface area contributed by atoms with Crippen molar-refractivity contribution in [3.8, 4) is 0 Å². The van der Waals surface area contributed by atoms with Crippen molar-refractivity contribution in [2.75, 3.05) is 7.11 Å². The Morgan fingerprint density at radius 2 is 1.36 bits per heavy atom. The highest BCUT2D eigenvalue weighted by Crippen LogP contribution is 2.21. The molecule has 0 aliphatic rings. The van der Waals surface area contributed by atoms with E-state index in [1.54, 1.807) is 24.3 Å². The second-order valence-corrected chi connectivity index (χ2v) is 6.27. The SMILES string of the molecule is COC(=O)c1ccc(CNC(=O)NC(c2ccccc2)c2ccccc2)cc1. The fourth-order valence-corrected chi connectivity index (χ4v) is 2.89. The minimum absolute atomic E-state index is 0.246. The summed E-state index contributed by atoms with van der Waals surface area (Å²) in [7, 11) is 1.35. The fraction of sp³-hybridized carbons (Fsp3) is 0.130. The molecular formula is C23H22N2O3. The topological polar surface area (TPSA) is 67.4 Å². The maximum absolute atomic E-state index is 12.5. The van der Waals surface area contributed by atoms with E-state index in [1.807, 2.05) is 60.7 Å². The van der Waals surface area contributed by atoms with Crippen molar-refractivity contribution in [2.45, 2.75) is 12.6 Å². The Balaban J connectivity index is 1.65. The maximum Gasteiger partial charge on any atom is 0.337 e. The Morgan fingerprint density at radius 3 is 1.86 bits per heavy atom. The van der Waals surface area contributed by atoms with Gasteiger partial charge in [0, 0.05) is 6.54 Å². The lowest BCUT2D eigenvalue weighted by Crippen LogP contribution is -2.38. The average Bonchev–Trinajstić information content (AvgIpc) is 2.77. The molecule has 0 aliphatic heterocycles. The van der Waals surface area contributed by atoms with E-state index in [2.05, 4.69) is 15.4 Å². The smallest absolute Gasteiger partial charge is 0.337 e. The van der Waals surface area contributed by atoms with Crippen molar-refractivity contribution in [3.05, 3.63) is 107 Å². The average molecular weight is 374 g/mol. The molecule has 0 saturated heterocycles. The predicted octanol–water partition coefficient (Wildman–Crippen LogP) is 4.06. The molecule has 142 valence electrons. The molecule has 0 heterocycles. The molecular weight excluding hydrogens is 352 g/mol. The van der Waals surface area contributed by atoms with Gasteiger partial charge in [0.15, 0.2) is 0 Å². The Bertz CT molecular complexity index is 870. The molecule has 0 unspecified atom stereocenters. The summed E-state index contributed by atoms with van der Waals surface area (Å²) in [5.74, 6) is -0.384. The van der Waals surface area contributed by atoms with Gasteiger partial charge >= 0.3 is 12.0 Å². The number of urea groups is 1. The molecule has 5 nitrogen and oxygen atoms in total. The van der Waals surface area contributed by atoms with E-state index < -0.39 is 0 Å². The van der Waals surface area contributed by atoms with E-state index in [1.165, 1.54) is 7.11 Å². The molecule has 0 saturated carbocycles. The molecule has 3 rings (SSSR count). The van der Waals surface area contributed by atoms with Crippen molar-refractivity contribution >= 4 is 12.0 Å².